The summed E-state index contributed by atoms with van der Waals surface area (Å²) < 4.78 is 5.44. The summed E-state index contributed by atoms with van der Waals surface area (Å²) in [6.45, 7) is 4.91. The van der Waals surface area contributed by atoms with E-state index in [2.05, 4.69) is 46.6 Å². The van der Waals surface area contributed by atoms with Gasteiger partial charge in [0.1, 0.15) is 5.75 Å². The van der Waals surface area contributed by atoms with Gasteiger partial charge in [-0.05, 0) is 44.9 Å². The second kappa shape index (κ2) is 10.3. The summed E-state index contributed by atoms with van der Waals surface area (Å²) in [6, 6.07) is 7.08. The highest BCUT2D eigenvalue weighted by atomic mass is 16.5. The summed E-state index contributed by atoms with van der Waals surface area (Å²) in [4.78, 5) is 6.80. The van der Waals surface area contributed by atoms with Crippen LogP contribution in [0.1, 0.15) is 36.8 Å². The number of nitrogens with zero attached hydrogens (tertiary/aromatic N) is 2. The van der Waals surface area contributed by atoms with Crippen molar-refractivity contribution in [3.05, 3.63) is 29.3 Å². The minimum atomic E-state index is 0.769. The Morgan fingerprint density at radius 1 is 1.24 bits per heavy atom. The molecule has 0 radical (unpaired) electrons. The van der Waals surface area contributed by atoms with E-state index in [0.717, 1.165) is 43.8 Å². The molecule has 0 amide bonds. The molecule has 0 unspecified atom stereocenters. The van der Waals surface area contributed by atoms with Crippen LogP contribution in [-0.2, 0) is 6.42 Å². The number of ether oxygens (including phenoxy) is 1. The Morgan fingerprint density at radius 2 is 1.96 bits per heavy atom. The lowest BCUT2D eigenvalue weighted by molar-refractivity contribution is 0.249. The Hall–Kier alpha value is -1.75. The quantitative estimate of drug-likeness (QED) is 0.561. The highest BCUT2D eigenvalue weighted by Crippen LogP contribution is 2.22. The van der Waals surface area contributed by atoms with E-state index in [9.17, 15) is 0 Å². The van der Waals surface area contributed by atoms with Crippen LogP contribution in [0.3, 0.4) is 0 Å². The molecule has 2 rings (SSSR count). The Kier molecular flexibility index (Phi) is 8.06. The molecule has 1 aromatic carbocycles. The maximum Gasteiger partial charge on any atom is 0.191 e. The summed E-state index contributed by atoms with van der Waals surface area (Å²) in [5, 5.41) is 6.81. The minimum Gasteiger partial charge on any atom is -0.496 e. The first-order valence-electron chi connectivity index (χ1n) is 9.42. The summed E-state index contributed by atoms with van der Waals surface area (Å²) in [6.07, 6.45) is 6.37. The smallest absolute Gasteiger partial charge is 0.191 e. The van der Waals surface area contributed by atoms with Gasteiger partial charge in [-0.25, -0.2) is 0 Å². The van der Waals surface area contributed by atoms with Crippen LogP contribution in [-0.4, -0.2) is 57.7 Å². The van der Waals surface area contributed by atoms with Crippen LogP contribution in [0, 0.1) is 6.92 Å². The van der Waals surface area contributed by atoms with Crippen LogP contribution >= 0.6 is 0 Å². The predicted molar refractivity (Wildman–Crippen MR) is 106 cm³/mol. The van der Waals surface area contributed by atoms with Crippen molar-refractivity contribution in [3.63, 3.8) is 0 Å². The number of aryl methyl sites for hydroxylation is 1. The molecule has 1 aliphatic carbocycles. The number of hydrogen-bond donors (Lipinski definition) is 2. The SMILES string of the molecule is CN=C(NCCc1cc(C)ccc1OC)NCCN(C)C1CCCC1. The van der Waals surface area contributed by atoms with E-state index in [-0.39, 0.29) is 0 Å². The molecule has 25 heavy (non-hydrogen) atoms. The summed E-state index contributed by atoms with van der Waals surface area (Å²) in [5.74, 6) is 1.82. The zero-order chi connectivity index (χ0) is 18.1. The average molecular weight is 347 g/mol. The third-order valence-corrected chi connectivity index (χ3v) is 5.05. The Morgan fingerprint density at radius 3 is 2.64 bits per heavy atom. The van der Waals surface area contributed by atoms with Gasteiger partial charge in [0.25, 0.3) is 0 Å². The van der Waals surface area contributed by atoms with Crippen molar-refractivity contribution in [3.8, 4) is 5.75 Å². The molecule has 0 saturated heterocycles. The lowest BCUT2D eigenvalue weighted by atomic mass is 10.1. The van der Waals surface area contributed by atoms with Crippen molar-refractivity contribution in [2.24, 2.45) is 4.99 Å². The molecule has 0 bridgehead atoms. The average Bonchev–Trinajstić information content (AvgIpc) is 3.15. The lowest BCUT2D eigenvalue weighted by Crippen LogP contribution is -2.43. The molecule has 0 spiro atoms. The molecule has 1 aromatic rings. The standard InChI is InChI=1S/C20H34N4O/c1-16-9-10-19(25-4)17(15-16)11-12-22-20(21-2)23-13-14-24(3)18-7-5-6-8-18/h9-10,15,18H,5-8,11-14H2,1-4H3,(H2,21,22,23). The predicted octanol–water partition coefficient (Wildman–Crippen LogP) is 2.59. The van der Waals surface area contributed by atoms with Gasteiger partial charge in [0.05, 0.1) is 7.11 Å². The van der Waals surface area contributed by atoms with Crippen LogP contribution < -0.4 is 15.4 Å². The Labute approximate surface area is 152 Å². The fourth-order valence-electron chi connectivity index (χ4n) is 3.52. The molecule has 1 saturated carbocycles. The van der Waals surface area contributed by atoms with Gasteiger partial charge in [0.15, 0.2) is 5.96 Å². The van der Waals surface area contributed by atoms with E-state index in [0.29, 0.717) is 0 Å². The van der Waals surface area contributed by atoms with Crippen molar-refractivity contribution < 1.29 is 4.74 Å². The van der Waals surface area contributed by atoms with Crippen molar-refractivity contribution in [2.75, 3.05) is 40.8 Å². The number of benzene rings is 1. The number of aliphatic imine (C=N–C) groups is 1. The van der Waals surface area contributed by atoms with Crippen LogP contribution in [0.2, 0.25) is 0 Å². The number of rotatable bonds is 8. The molecule has 1 fully saturated rings. The van der Waals surface area contributed by atoms with E-state index >= 15 is 0 Å². The van der Waals surface area contributed by atoms with Crippen LogP contribution in [0.4, 0.5) is 0 Å². The van der Waals surface area contributed by atoms with Crippen molar-refractivity contribution in [1.29, 1.82) is 0 Å². The fraction of sp³-hybridized carbons (Fsp3) is 0.650. The zero-order valence-corrected chi connectivity index (χ0v) is 16.3. The molecule has 0 aromatic heterocycles. The molecule has 0 atom stereocenters. The second-order valence-corrected chi connectivity index (χ2v) is 6.91. The number of hydrogen-bond acceptors (Lipinski definition) is 3. The van der Waals surface area contributed by atoms with Gasteiger partial charge >= 0.3 is 0 Å². The van der Waals surface area contributed by atoms with E-state index in [1.165, 1.54) is 36.8 Å². The molecule has 0 aliphatic heterocycles. The first-order valence-corrected chi connectivity index (χ1v) is 9.42. The molecule has 5 heteroatoms. The van der Waals surface area contributed by atoms with Gasteiger partial charge in [-0.3, -0.25) is 4.99 Å². The summed E-state index contributed by atoms with van der Waals surface area (Å²) >= 11 is 0. The van der Waals surface area contributed by atoms with E-state index < -0.39 is 0 Å². The number of nitrogens with one attached hydrogen (secondary N) is 2. The zero-order valence-electron chi connectivity index (χ0n) is 16.3. The summed E-state index contributed by atoms with van der Waals surface area (Å²) in [5.41, 5.74) is 2.49. The topological polar surface area (TPSA) is 48.9 Å². The first-order chi connectivity index (χ1) is 12.1. The van der Waals surface area contributed by atoms with Crippen LogP contribution in [0.5, 0.6) is 5.75 Å². The fourth-order valence-corrected chi connectivity index (χ4v) is 3.52. The molecule has 5 nitrogen and oxygen atoms in total. The van der Waals surface area contributed by atoms with Crippen molar-refractivity contribution >= 4 is 5.96 Å². The second-order valence-electron chi connectivity index (χ2n) is 6.91. The van der Waals surface area contributed by atoms with Crippen LogP contribution in [0.25, 0.3) is 0 Å². The Bertz CT molecular complexity index is 553. The third kappa shape index (κ3) is 6.24. The maximum absolute atomic E-state index is 5.44. The highest BCUT2D eigenvalue weighted by Gasteiger charge is 2.18. The number of methoxy groups -OCH3 is 1. The Balaban J connectivity index is 1.70. The van der Waals surface area contributed by atoms with Gasteiger partial charge in [-0.1, -0.05) is 30.5 Å². The molecule has 0 heterocycles. The molecular weight excluding hydrogens is 312 g/mol. The van der Waals surface area contributed by atoms with E-state index in [4.69, 9.17) is 4.74 Å². The molecular formula is C20H34N4O. The molecule has 140 valence electrons. The molecule has 1 aliphatic rings. The highest BCUT2D eigenvalue weighted by molar-refractivity contribution is 5.79. The number of likely N-dealkylation sites (N-methyl/N-ethyl adjacent to an activating group) is 1. The maximum atomic E-state index is 5.44. The van der Waals surface area contributed by atoms with E-state index in [1.54, 1.807) is 7.11 Å². The molecule has 2 N–H and O–H groups in total. The lowest BCUT2D eigenvalue weighted by Gasteiger charge is -2.24. The normalized spacial score (nSPS) is 15.6. The largest absolute Gasteiger partial charge is 0.496 e. The number of guanidine groups is 1. The van der Waals surface area contributed by atoms with Gasteiger partial charge in [0.2, 0.25) is 0 Å². The van der Waals surface area contributed by atoms with Gasteiger partial charge in [-0.2, -0.15) is 0 Å². The van der Waals surface area contributed by atoms with Gasteiger partial charge in [-0.15, -0.1) is 0 Å². The third-order valence-electron chi connectivity index (χ3n) is 5.05. The van der Waals surface area contributed by atoms with E-state index in [1.807, 2.05) is 13.1 Å². The summed E-state index contributed by atoms with van der Waals surface area (Å²) in [7, 11) is 5.78. The van der Waals surface area contributed by atoms with Gasteiger partial charge in [0, 0.05) is 32.7 Å². The monoisotopic (exact) mass is 346 g/mol. The van der Waals surface area contributed by atoms with Crippen LogP contribution in [0.15, 0.2) is 23.2 Å². The first kappa shape index (κ1) is 19.6. The van der Waals surface area contributed by atoms with Crippen molar-refractivity contribution in [2.45, 2.75) is 45.1 Å². The van der Waals surface area contributed by atoms with Crippen molar-refractivity contribution in [1.82, 2.24) is 15.5 Å². The minimum absolute atomic E-state index is 0.769. The van der Waals surface area contributed by atoms with Gasteiger partial charge < -0.3 is 20.3 Å².